The number of sulfonamides is 1. The van der Waals surface area contributed by atoms with Crippen molar-refractivity contribution in [3.63, 3.8) is 0 Å². The van der Waals surface area contributed by atoms with Crippen LogP contribution in [0.15, 0.2) is 84.0 Å². The maximum Gasteiger partial charge on any atom is 0.261 e. The Morgan fingerprint density at radius 3 is 2.37 bits per heavy atom. The van der Waals surface area contributed by atoms with Crippen LogP contribution in [0.5, 0.6) is 5.75 Å². The highest BCUT2D eigenvalue weighted by Gasteiger charge is 2.25. The van der Waals surface area contributed by atoms with Crippen molar-refractivity contribution >= 4 is 55.3 Å². The molecule has 0 atom stereocenters. The molecule has 9 nitrogen and oxygen atoms in total. The molecule has 2 heterocycles. The lowest BCUT2D eigenvalue weighted by Gasteiger charge is -2.37. The van der Waals surface area contributed by atoms with E-state index in [-0.39, 0.29) is 4.90 Å². The van der Waals surface area contributed by atoms with Crippen LogP contribution in [-0.2, 0) is 10.0 Å². The smallest absolute Gasteiger partial charge is 0.261 e. The van der Waals surface area contributed by atoms with Crippen molar-refractivity contribution < 1.29 is 13.2 Å². The van der Waals surface area contributed by atoms with Crippen molar-refractivity contribution in [1.82, 2.24) is 14.9 Å². The summed E-state index contributed by atoms with van der Waals surface area (Å²) in [7, 11) is -2.02. The second-order valence-electron chi connectivity index (χ2n) is 10.0. The Hall–Kier alpha value is -4.35. The summed E-state index contributed by atoms with van der Waals surface area (Å²) in [5.41, 5.74) is 4.45. The van der Waals surface area contributed by atoms with Gasteiger partial charge >= 0.3 is 0 Å². The van der Waals surface area contributed by atoms with Gasteiger partial charge in [-0.15, -0.1) is 0 Å². The molecule has 1 saturated heterocycles. The zero-order chi connectivity index (χ0) is 28.6. The fourth-order valence-electron chi connectivity index (χ4n) is 5.09. The summed E-state index contributed by atoms with van der Waals surface area (Å²) < 4.78 is 33.6. The lowest BCUT2D eigenvalue weighted by molar-refractivity contribution is 0.389. The third kappa shape index (κ3) is 5.50. The van der Waals surface area contributed by atoms with E-state index in [1.807, 2.05) is 31.2 Å². The number of hydrogen-bond donors (Lipinski definition) is 3. The van der Waals surface area contributed by atoms with Gasteiger partial charge in [-0.25, -0.2) is 13.4 Å². The van der Waals surface area contributed by atoms with E-state index in [2.05, 4.69) is 37.0 Å². The Balaban J connectivity index is 1.09. The van der Waals surface area contributed by atoms with Crippen LogP contribution < -0.4 is 19.7 Å². The van der Waals surface area contributed by atoms with Gasteiger partial charge in [0.25, 0.3) is 10.0 Å². The van der Waals surface area contributed by atoms with Crippen molar-refractivity contribution in [2.24, 2.45) is 0 Å². The molecule has 0 amide bonds. The number of methoxy groups -OCH3 is 1. The highest BCUT2D eigenvalue weighted by atomic mass is 32.2. The summed E-state index contributed by atoms with van der Waals surface area (Å²) in [6.45, 7) is 4.94. The molecule has 3 aromatic carbocycles. The summed E-state index contributed by atoms with van der Waals surface area (Å²) >= 11 is 5.70. The summed E-state index contributed by atoms with van der Waals surface area (Å²) in [5.74, 6) is 1.78. The van der Waals surface area contributed by atoms with Crippen molar-refractivity contribution in [1.29, 1.82) is 0 Å². The van der Waals surface area contributed by atoms with Gasteiger partial charge in [0.1, 0.15) is 11.6 Å². The minimum Gasteiger partial charge on any atom is -0.497 e. The summed E-state index contributed by atoms with van der Waals surface area (Å²) in [6, 6.07) is 22.0. The number of anilines is 3. The fraction of sp³-hybridized carbons (Fsp3) is 0.200. The molecule has 210 valence electrons. The average Bonchev–Trinajstić information content (AvgIpc) is 3.36. The molecule has 1 fully saturated rings. The Morgan fingerprint density at radius 2 is 1.66 bits per heavy atom. The molecular weight excluding hydrogens is 557 g/mol. The fourth-order valence-corrected chi connectivity index (χ4v) is 6.45. The monoisotopic (exact) mass is 586 g/mol. The lowest BCUT2D eigenvalue weighted by atomic mass is 10.1. The third-order valence-corrected chi connectivity index (χ3v) is 9.07. The van der Waals surface area contributed by atoms with Gasteiger partial charge in [-0.2, -0.15) is 0 Å². The zero-order valence-electron chi connectivity index (χ0n) is 22.7. The number of aromatic amines is 1. The van der Waals surface area contributed by atoms with Gasteiger partial charge in [-0.05, 0) is 90.6 Å². The largest absolute Gasteiger partial charge is 0.497 e. The number of aryl methyl sites for hydroxylation is 1. The summed E-state index contributed by atoms with van der Waals surface area (Å²) in [4.78, 5) is 12.6. The molecule has 3 aromatic rings. The van der Waals surface area contributed by atoms with Gasteiger partial charge < -0.3 is 24.8 Å². The van der Waals surface area contributed by atoms with Crippen LogP contribution in [0.2, 0.25) is 0 Å². The average molecular weight is 587 g/mol. The number of benzene rings is 3. The van der Waals surface area contributed by atoms with Crippen LogP contribution in [0.4, 0.5) is 17.2 Å². The van der Waals surface area contributed by atoms with E-state index in [4.69, 9.17) is 21.9 Å². The van der Waals surface area contributed by atoms with Gasteiger partial charge in [0.2, 0.25) is 0 Å². The van der Waals surface area contributed by atoms with Gasteiger partial charge in [0.05, 0.1) is 24.0 Å². The maximum atomic E-state index is 12.8. The number of nitrogens with one attached hydrogen (secondary N) is 3. The van der Waals surface area contributed by atoms with Crippen molar-refractivity contribution in [3.05, 3.63) is 84.7 Å². The van der Waals surface area contributed by atoms with Crippen LogP contribution in [0, 0.1) is 6.92 Å². The molecule has 41 heavy (non-hydrogen) atoms. The first-order chi connectivity index (χ1) is 19.8. The second kappa shape index (κ2) is 10.9. The zero-order valence-corrected chi connectivity index (χ0v) is 24.3. The molecule has 3 N–H and O–H groups in total. The Bertz CT molecular complexity index is 1780. The molecule has 11 heteroatoms. The standard InChI is InChI=1S/C30H30N6O3S2/c1-20-3-5-23(6-4-20)34-41(37,38)25-10-7-22(8-11-25)33-30(40)36-15-13-35(14-16-36)29-28-26-12-9-24(39-2)17-21(26)18-27(28)31-19-32-29/h3-12,17-19,34H,13-16H2,1-2H3,(H,31,32)(H,33,40). The van der Waals surface area contributed by atoms with Gasteiger partial charge in [0, 0.05) is 43.1 Å². The van der Waals surface area contributed by atoms with Crippen LogP contribution >= 0.6 is 12.2 Å². The van der Waals surface area contributed by atoms with Crippen molar-refractivity contribution in [3.8, 4) is 17.0 Å². The summed E-state index contributed by atoms with van der Waals surface area (Å²) in [5, 5.41) is 6.10. The number of nitrogens with zero attached hydrogens (tertiary/aromatic N) is 3. The number of thiocarbonyl (C=S) groups is 1. The van der Waals surface area contributed by atoms with E-state index in [1.165, 1.54) is 0 Å². The normalized spacial score (nSPS) is 13.9. The number of H-pyrrole nitrogens is 1. The third-order valence-electron chi connectivity index (χ3n) is 7.31. The summed E-state index contributed by atoms with van der Waals surface area (Å²) in [6.07, 6.45) is 1.74. The van der Waals surface area contributed by atoms with Gasteiger partial charge in [-0.1, -0.05) is 17.7 Å². The van der Waals surface area contributed by atoms with E-state index in [0.717, 1.165) is 71.0 Å². The minimum atomic E-state index is -3.69. The predicted octanol–water partition coefficient (Wildman–Crippen LogP) is 5.30. The number of ether oxygens (including phenoxy) is 1. The van der Waals surface area contributed by atoms with Crippen LogP contribution in [-0.4, -0.2) is 61.7 Å². The van der Waals surface area contributed by atoms with Gasteiger partial charge in [0.15, 0.2) is 5.11 Å². The second-order valence-corrected chi connectivity index (χ2v) is 12.1. The molecule has 0 unspecified atom stereocenters. The quantitative estimate of drug-likeness (QED) is 0.230. The van der Waals surface area contributed by atoms with E-state index >= 15 is 0 Å². The molecule has 2 aliphatic heterocycles. The molecule has 0 spiro atoms. The SMILES string of the molecule is COc1ccc2c3c(N4CCN(C(=S)Nc5ccc(S(=O)(=O)Nc6ccc(C)cc6)cc5)CC4)nc[nH]c-3cc2c1. The molecule has 3 aliphatic rings. The first-order valence-corrected chi connectivity index (χ1v) is 15.1. The molecule has 0 radical (unpaired) electrons. The number of rotatable bonds is 6. The first kappa shape index (κ1) is 26.9. The Labute approximate surface area is 244 Å². The lowest BCUT2D eigenvalue weighted by Crippen LogP contribution is -2.50. The molecular formula is C30H30N6O3S2. The van der Waals surface area contributed by atoms with Crippen molar-refractivity contribution in [2.75, 3.05) is 48.2 Å². The molecule has 1 aliphatic carbocycles. The Kier molecular flexibility index (Phi) is 7.14. The highest BCUT2D eigenvalue weighted by Crippen LogP contribution is 2.40. The molecule has 6 rings (SSSR count). The van der Waals surface area contributed by atoms with Crippen LogP contribution in [0.3, 0.4) is 0 Å². The van der Waals surface area contributed by atoms with E-state index in [9.17, 15) is 8.42 Å². The number of aromatic nitrogens is 2. The predicted molar refractivity (Wildman–Crippen MR) is 168 cm³/mol. The van der Waals surface area contributed by atoms with Crippen molar-refractivity contribution in [2.45, 2.75) is 11.8 Å². The number of piperazine rings is 1. The molecule has 0 saturated carbocycles. The number of fused-ring (bicyclic) bond motifs is 3. The maximum absolute atomic E-state index is 12.8. The Morgan fingerprint density at radius 1 is 0.951 bits per heavy atom. The minimum absolute atomic E-state index is 0.181. The highest BCUT2D eigenvalue weighted by molar-refractivity contribution is 7.92. The first-order valence-electron chi connectivity index (χ1n) is 13.2. The van der Waals surface area contributed by atoms with Crippen LogP contribution in [0.25, 0.3) is 22.0 Å². The van der Waals surface area contributed by atoms with E-state index in [1.54, 1.807) is 49.8 Å². The topological polar surface area (TPSA) is 103 Å². The molecule has 0 bridgehead atoms. The number of hydrogen-bond acceptors (Lipinski definition) is 6. The van der Waals surface area contributed by atoms with E-state index < -0.39 is 10.0 Å². The molecule has 0 aromatic heterocycles. The van der Waals surface area contributed by atoms with E-state index in [0.29, 0.717) is 10.8 Å². The van der Waals surface area contributed by atoms with Crippen LogP contribution in [0.1, 0.15) is 5.56 Å². The van der Waals surface area contributed by atoms with Gasteiger partial charge in [-0.3, -0.25) is 4.72 Å².